The third-order valence-electron chi connectivity index (χ3n) is 5.11. The molecule has 1 aliphatic rings. The Bertz CT molecular complexity index is 624. The Kier molecular flexibility index (Phi) is 7.60. The molecular formula is C20H32N4O2. The lowest BCUT2D eigenvalue weighted by Crippen LogP contribution is -2.47. The summed E-state index contributed by atoms with van der Waals surface area (Å²) in [4.78, 5) is 28.6. The van der Waals surface area contributed by atoms with E-state index in [9.17, 15) is 9.59 Å². The molecule has 1 heterocycles. The van der Waals surface area contributed by atoms with Crippen molar-refractivity contribution in [2.75, 3.05) is 45.1 Å². The zero-order chi connectivity index (χ0) is 19.1. The van der Waals surface area contributed by atoms with Crippen LogP contribution in [0.15, 0.2) is 18.2 Å². The summed E-state index contributed by atoms with van der Waals surface area (Å²) in [5.41, 5.74) is 3.04. The van der Waals surface area contributed by atoms with Crippen LogP contribution in [0.3, 0.4) is 0 Å². The maximum absolute atomic E-state index is 12.2. The highest BCUT2D eigenvalue weighted by molar-refractivity contribution is 5.93. The van der Waals surface area contributed by atoms with Crippen molar-refractivity contribution in [1.82, 2.24) is 15.1 Å². The van der Waals surface area contributed by atoms with Crippen molar-refractivity contribution in [1.29, 1.82) is 0 Å². The summed E-state index contributed by atoms with van der Waals surface area (Å²) < 4.78 is 0. The Balaban J connectivity index is 1.73. The topological polar surface area (TPSA) is 64.7 Å². The molecule has 2 amide bonds. The number of benzene rings is 1. The molecular weight excluding hydrogens is 328 g/mol. The molecule has 2 rings (SSSR count). The smallest absolute Gasteiger partial charge is 0.238 e. The molecule has 2 N–H and O–H groups in total. The van der Waals surface area contributed by atoms with Gasteiger partial charge in [-0.2, -0.15) is 0 Å². The number of aryl methyl sites for hydroxylation is 1. The molecule has 0 atom stereocenters. The van der Waals surface area contributed by atoms with Gasteiger partial charge in [0.05, 0.1) is 13.1 Å². The lowest BCUT2D eigenvalue weighted by atomic mass is 10.1. The van der Waals surface area contributed by atoms with Crippen LogP contribution in [-0.4, -0.2) is 67.4 Å². The quantitative estimate of drug-likeness (QED) is 0.778. The summed E-state index contributed by atoms with van der Waals surface area (Å²) in [6.45, 7) is 9.74. The molecule has 0 aliphatic carbocycles. The van der Waals surface area contributed by atoms with E-state index in [1.54, 1.807) is 11.9 Å². The molecule has 1 fully saturated rings. The van der Waals surface area contributed by atoms with E-state index in [0.717, 1.165) is 49.3 Å². The second-order valence-electron chi connectivity index (χ2n) is 7.24. The van der Waals surface area contributed by atoms with Crippen LogP contribution in [0.1, 0.15) is 30.9 Å². The molecule has 0 bridgehead atoms. The van der Waals surface area contributed by atoms with E-state index in [1.807, 2.05) is 32.0 Å². The maximum Gasteiger partial charge on any atom is 0.238 e. The minimum absolute atomic E-state index is 0.0121. The molecule has 26 heavy (non-hydrogen) atoms. The molecule has 1 aromatic rings. The van der Waals surface area contributed by atoms with Gasteiger partial charge in [-0.3, -0.25) is 14.5 Å². The number of nitrogens with one attached hydrogen (secondary N) is 2. The van der Waals surface area contributed by atoms with E-state index < -0.39 is 0 Å². The van der Waals surface area contributed by atoms with Gasteiger partial charge in [-0.1, -0.05) is 19.1 Å². The first-order chi connectivity index (χ1) is 12.4. The molecule has 0 radical (unpaired) electrons. The van der Waals surface area contributed by atoms with Gasteiger partial charge in [-0.05, 0) is 57.5 Å². The van der Waals surface area contributed by atoms with Crippen LogP contribution in [-0.2, 0) is 9.59 Å². The Morgan fingerprint density at radius 3 is 2.46 bits per heavy atom. The number of nitrogens with zero attached hydrogens (tertiary/aromatic N) is 2. The largest absolute Gasteiger partial charge is 0.352 e. The lowest BCUT2D eigenvalue weighted by Gasteiger charge is -2.31. The molecule has 144 valence electrons. The highest BCUT2D eigenvalue weighted by atomic mass is 16.2. The maximum atomic E-state index is 12.2. The highest BCUT2D eigenvalue weighted by Crippen LogP contribution is 2.17. The minimum Gasteiger partial charge on any atom is -0.352 e. The second kappa shape index (κ2) is 9.69. The number of piperidine rings is 1. The number of rotatable bonds is 7. The van der Waals surface area contributed by atoms with Crippen molar-refractivity contribution in [2.24, 2.45) is 0 Å². The summed E-state index contributed by atoms with van der Waals surface area (Å²) in [6, 6.07) is 6.10. The van der Waals surface area contributed by atoms with E-state index in [1.165, 1.54) is 0 Å². The van der Waals surface area contributed by atoms with Crippen molar-refractivity contribution in [3.63, 3.8) is 0 Å². The summed E-state index contributed by atoms with van der Waals surface area (Å²) in [7, 11) is 1.79. The Labute approximate surface area is 156 Å². The fraction of sp³-hybridized carbons (Fsp3) is 0.600. The molecule has 1 aliphatic heterocycles. The predicted molar refractivity (Wildman–Crippen MR) is 105 cm³/mol. The monoisotopic (exact) mass is 360 g/mol. The number of likely N-dealkylation sites (tertiary alicyclic amines) is 1. The van der Waals surface area contributed by atoms with Gasteiger partial charge in [-0.25, -0.2) is 0 Å². The van der Waals surface area contributed by atoms with Gasteiger partial charge in [0, 0.05) is 24.8 Å². The summed E-state index contributed by atoms with van der Waals surface area (Å²) in [5, 5.41) is 6.02. The highest BCUT2D eigenvalue weighted by Gasteiger charge is 2.20. The van der Waals surface area contributed by atoms with Gasteiger partial charge in [0.25, 0.3) is 0 Å². The van der Waals surface area contributed by atoms with E-state index in [2.05, 4.69) is 22.5 Å². The molecule has 1 aromatic carbocycles. The molecule has 6 nitrogen and oxygen atoms in total. The van der Waals surface area contributed by atoms with Gasteiger partial charge in [0.15, 0.2) is 0 Å². The Morgan fingerprint density at radius 1 is 1.15 bits per heavy atom. The third kappa shape index (κ3) is 6.11. The second-order valence-corrected chi connectivity index (χ2v) is 7.24. The summed E-state index contributed by atoms with van der Waals surface area (Å²) in [6.07, 6.45) is 1.99. The van der Waals surface area contributed by atoms with E-state index in [0.29, 0.717) is 0 Å². The van der Waals surface area contributed by atoms with Crippen LogP contribution in [0.2, 0.25) is 0 Å². The van der Waals surface area contributed by atoms with E-state index >= 15 is 0 Å². The first-order valence-electron chi connectivity index (χ1n) is 9.45. The Hall–Kier alpha value is -1.92. The van der Waals surface area contributed by atoms with E-state index in [-0.39, 0.29) is 30.9 Å². The third-order valence-corrected chi connectivity index (χ3v) is 5.11. The molecule has 1 saturated heterocycles. The number of carbonyl (C=O) groups excluding carboxylic acids is 2. The molecule has 0 aromatic heterocycles. The first-order valence-corrected chi connectivity index (χ1v) is 9.45. The number of anilines is 1. The fourth-order valence-electron chi connectivity index (χ4n) is 3.29. The number of amides is 2. The normalized spacial score (nSPS) is 15.9. The van der Waals surface area contributed by atoms with E-state index in [4.69, 9.17) is 0 Å². The van der Waals surface area contributed by atoms with Crippen LogP contribution >= 0.6 is 0 Å². The van der Waals surface area contributed by atoms with Crippen molar-refractivity contribution in [3.8, 4) is 0 Å². The van der Waals surface area contributed by atoms with Gasteiger partial charge in [0.1, 0.15) is 0 Å². The zero-order valence-corrected chi connectivity index (χ0v) is 16.5. The average Bonchev–Trinajstić information content (AvgIpc) is 2.59. The molecule has 0 spiro atoms. The zero-order valence-electron chi connectivity index (χ0n) is 16.5. The van der Waals surface area contributed by atoms with Crippen LogP contribution in [0, 0.1) is 13.8 Å². The first kappa shape index (κ1) is 20.4. The molecule has 0 unspecified atom stereocenters. The van der Waals surface area contributed by atoms with Crippen molar-refractivity contribution in [2.45, 2.75) is 39.7 Å². The number of hydrogen-bond donors (Lipinski definition) is 2. The average molecular weight is 361 g/mol. The number of likely N-dealkylation sites (N-methyl/N-ethyl adjacent to an activating group) is 1. The van der Waals surface area contributed by atoms with Crippen molar-refractivity contribution in [3.05, 3.63) is 29.3 Å². The number of carbonyl (C=O) groups is 2. The van der Waals surface area contributed by atoms with Gasteiger partial charge < -0.3 is 15.5 Å². The van der Waals surface area contributed by atoms with Crippen LogP contribution < -0.4 is 10.6 Å². The van der Waals surface area contributed by atoms with Gasteiger partial charge >= 0.3 is 0 Å². The summed E-state index contributed by atoms with van der Waals surface area (Å²) >= 11 is 0. The fourth-order valence-corrected chi connectivity index (χ4v) is 3.29. The predicted octanol–water partition coefficient (Wildman–Crippen LogP) is 1.77. The molecule has 6 heteroatoms. The lowest BCUT2D eigenvalue weighted by molar-refractivity contribution is -0.123. The van der Waals surface area contributed by atoms with Gasteiger partial charge in [-0.15, -0.1) is 0 Å². The Morgan fingerprint density at radius 2 is 1.81 bits per heavy atom. The van der Waals surface area contributed by atoms with Crippen LogP contribution in [0.25, 0.3) is 0 Å². The van der Waals surface area contributed by atoms with Gasteiger partial charge in [0.2, 0.25) is 11.8 Å². The minimum atomic E-state index is -0.106. The van der Waals surface area contributed by atoms with Crippen LogP contribution in [0.5, 0.6) is 0 Å². The van der Waals surface area contributed by atoms with Crippen molar-refractivity contribution < 1.29 is 9.59 Å². The summed E-state index contributed by atoms with van der Waals surface area (Å²) in [5.74, 6) is -0.118. The number of hydrogen-bond acceptors (Lipinski definition) is 4. The van der Waals surface area contributed by atoms with Crippen molar-refractivity contribution >= 4 is 17.5 Å². The standard InChI is InChI=1S/C20H32N4O2/c1-5-24-11-9-17(10-12-24)21-19(25)13-23(4)14-20(26)22-18-8-6-7-15(2)16(18)3/h6-8,17H,5,9-14H2,1-4H3,(H,21,25)(H,22,26). The molecule has 0 saturated carbocycles. The van der Waals surface area contributed by atoms with Crippen LogP contribution in [0.4, 0.5) is 5.69 Å². The SMILES string of the molecule is CCN1CCC(NC(=O)CN(C)CC(=O)Nc2cccc(C)c2C)CC1.